The smallest absolute Gasteiger partial charge is 0.0630 e. The number of rotatable bonds is 6. The van der Waals surface area contributed by atoms with Crippen LogP contribution in [0.3, 0.4) is 0 Å². The van der Waals surface area contributed by atoms with Crippen LogP contribution >= 0.6 is 46.2 Å². The van der Waals surface area contributed by atoms with Crippen LogP contribution in [0, 0.1) is 11.3 Å². The minimum absolute atomic E-state index is 0.619. The highest BCUT2D eigenvalue weighted by Crippen LogP contribution is 2.39. The molecule has 0 aromatic carbocycles. The zero-order valence-corrected chi connectivity index (χ0v) is 13.3. The van der Waals surface area contributed by atoms with Gasteiger partial charge in [0.15, 0.2) is 0 Å². The first-order valence-electron chi connectivity index (χ1n) is 5.66. The van der Waals surface area contributed by atoms with Gasteiger partial charge in [0.1, 0.15) is 0 Å². The van der Waals surface area contributed by atoms with Crippen LogP contribution in [0.15, 0.2) is 32.7 Å². The van der Waals surface area contributed by atoms with Gasteiger partial charge in [0, 0.05) is 21.9 Å². The minimum atomic E-state index is 0.619. The molecule has 0 aliphatic rings. The first-order valence-corrected chi connectivity index (χ1v) is 9.26. The van der Waals surface area contributed by atoms with Crippen molar-refractivity contribution in [3.63, 3.8) is 0 Å². The van der Waals surface area contributed by atoms with E-state index >= 15 is 0 Å². The second kappa shape index (κ2) is 7.25. The number of thiophene rings is 2. The fourth-order valence-electron chi connectivity index (χ4n) is 1.40. The van der Waals surface area contributed by atoms with Crippen molar-refractivity contribution in [2.45, 2.75) is 21.8 Å². The van der Waals surface area contributed by atoms with E-state index in [1.54, 1.807) is 11.8 Å². The SMILES string of the molecule is CCSc1ccc(-c2ccc(SCCC#N)s2)s1. The summed E-state index contributed by atoms with van der Waals surface area (Å²) in [5.74, 6) is 2.01. The van der Waals surface area contributed by atoms with Gasteiger partial charge in [0.05, 0.1) is 14.5 Å². The molecule has 1 nitrogen and oxygen atoms in total. The van der Waals surface area contributed by atoms with E-state index in [9.17, 15) is 0 Å². The molecule has 2 aromatic heterocycles. The lowest BCUT2D eigenvalue weighted by molar-refractivity contribution is 1.24. The van der Waals surface area contributed by atoms with Crippen LogP contribution in [0.5, 0.6) is 0 Å². The van der Waals surface area contributed by atoms with Crippen molar-refractivity contribution >= 4 is 46.2 Å². The topological polar surface area (TPSA) is 23.8 Å². The Morgan fingerprint density at radius 1 is 1.06 bits per heavy atom. The van der Waals surface area contributed by atoms with Crippen molar-refractivity contribution in [2.75, 3.05) is 11.5 Å². The van der Waals surface area contributed by atoms with E-state index in [2.05, 4.69) is 37.3 Å². The molecule has 5 heteroatoms. The summed E-state index contributed by atoms with van der Waals surface area (Å²) < 4.78 is 2.69. The highest BCUT2D eigenvalue weighted by Gasteiger charge is 2.06. The second-order valence-electron chi connectivity index (χ2n) is 3.43. The average Bonchev–Trinajstić information content (AvgIpc) is 2.98. The summed E-state index contributed by atoms with van der Waals surface area (Å²) in [5, 5.41) is 8.52. The molecule has 18 heavy (non-hydrogen) atoms. The van der Waals surface area contributed by atoms with Gasteiger partial charge in [-0.1, -0.05) is 6.92 Å². The molecule has 0 unspecified atom stereocenters. The van der Waals surface area contributed by atoms with Gasteiger partial charge in [-0.15, -0.1) is 46.2 Å². The summed E-state index contributed by atoms with van der Waals surface area (Å²) in [7, 11) is 0. The molecule has 0 atom stereocenters. The number of hydrogen-bond acceptors (Lipinski definition) is 5. The Labute approximate surface area is 124 Å². The largest absolute Gasteiger partial charge is 0.198 e. The molecular weight excluding hydrogens is 298 g/mol. The molecule has 0 saturated carbocycles. The van der Waals surface area contributed by atoms with Crippen molar-refractivity contribution in [1.29, 1.82) is 5.26 Å². The molecule has 0 amide bonds. The van der Waals surface area contributed by atoms with Crippen molar-refractivity contribution in [2.24, 2.45) is 0 Å². The second-order valence-corrected chi connectivity index (χ2v) is 8.55. The molecule has 0 fully saturated rings. The molecule has 94 valence electrons. The fourth-order valence-corrected chi connectivity index (χ4v) is 5.59. The minimum Gasteiger partial charge on any atom is -0.198 e. The summed E-state index contributed by atoms with van der Waals surface area (Å²) in [5.41, 5.74) is 0. The van der Waals surface area contributed by atoms with Crippen molar-refractivity contribution in [3.05, 3.63) is 24.3 Å². The third kappa shape index (κ3) is 3.79. The summed E-state index contributed by atoms with van der Waals surface area (Å²) >= 11 is 7.36. The van der Waals surface area contributed by atoms with Crippen molar-refractivity contribution in [3.8, 4) is 15.8 Å². The van der Waals surface area contributed by atoms with Gasteiger partial charge in [0.2, 0.25) is 0 Å². The Hall–Kier alpha value is -0.410. The van der Waals surface area contributed by atoms with Gasteiger partial charge in [0.25, 0.3) is 0 Å². The zero-order valence-electron chi connectivity index (χ0n) is 10.0. The molecule has 0 bridgehead atoms. The third-order valence-corrected chi connectivity index (χ3v) is 6.85. The van der Waals surface area contributed by atoms with Gasteiger partial charge >= 0.3 is 0 Å². The third-order valence-electron chi connectivity index (χ3n) is 2.15. The number of nitrogens with zero attached hydrogens (tertiary/aromatic N) is 1. The fraction of sp³-hybridized carbons (Fsp3) is 0.308. The summed E-state index contributed by atoms with van der Waals surface area (Å²) in [6, 6.07) is 10.9. The Bertz CT molecular complexity index is 535. The van der Waals surface area contributed by atoms with E-state index in [4.69, 9.17) is 5.26 Å². The predicted octanol–water partition coefficient (Wildman–Crippen LogP) is 5.59. The Balaban J connectivity index is 2.02. The van der Waals surface area contributed by atoms with Gasteiger partial charge in [-0.25, -0.2) is 0 Å². The van der Waals surface area contributed by atoms with E-state index in [1.807, 2.05) is 34.4 Å². The van der Waals surface area contributed by atoms with Crippen molar-refractivity contribution in [1.82, 2.24) is 0 Å². The molecule has 2 heterocycles. The first-order chi connectivity index (χ1) is 8.83. The number of nitriles is 1. The maximum Gasteiger partial charge on any atom is 0.0630 e. The van der Waals surface area contributed by atoms with Crippen LogP contribution in [-0.4, -0.2) is 11.5 Å². The van der Waals surface area contributed by atoms with Gasteiger partial charge in [-0.05, 0) is 30.0 Å². The normalized spacial score (nSPS) is 10.4. The monoisotopic (exact) mass is 311 g/mol. The quantitative estimate of drug-likeness (QED) is 0.513. The standard InChI is InChI=1S/C13H13NS4/c1-2-15-12-6-4-10(17-12)11-5-7-13(18-11)16-9-3-8-14/h4-7H,2-3,9H2,1H3. The Morgan fingerprint density at radius 3 is 2.22 bits per heavy atom. The Morgan fingerprint density at radius 2 is 1.67 bits per heavy atom. The molecule has 2 aromatic rings. The highest BCUT2D eigenvalue weighted by atomic mass is 32.2. The lowest BCUT2D eigenvalue weighted by Crippen LogP contribution is -1.71. The molecule has 0 aliphatic heterocycles. The van der Waals surface area contributed by atoms with Crippen molar-refractivity contribution < 1.29 is 0 Å². The summed E-state index contributed by atoms with van der Waals surface area (Å²) in [4.78, 5) is 2.69. The molecule has 0 spiro atoms. The maximum atomic E-state index is 8.52. The van der Waals surface area contributed by atoms with Crippen LogP contribution in [0.1, 0.15) is 13.3 Å². The van der Waals surface area contributed by atoms with E-state index in [0.29, 0.717) is 6.42 Å². The van der Waals surface area contributed by atoms with E-state index in [0.717, 1.165) is 11.5 Å². The molecular formula is C13H13NS4. The molecule has 0 aliphatic carbocycles. The average molecular weight is 312 g/mol. The maximum absolute atomic E-state index is 8.52. The van der Waals surface area contributed by atoms with Crippen LogP contribution < -0.4 is 0 Å². The van der Waals surface area contributed by atoms with Crippen LogP contribution in [0.25, 0.3) is 9.75 Å². The molecule has 0 saturated heterocycles. The first kappa shape index (κ1) is 14.0. The van der Waals surface area contributed by atoms with E-state index in [1.165, 1.54) is 18.2 Å². The number of thioether (sulfide) groups is 2. The molecule has 2 rings (SSSR count). The number of hydrogen-bond donors (Lipinski definition) is 0. The zero-order chi connectivity index (χ0) is 12.8. The molecule has 0 radical (unpaired) electrons. The summed E-state index contributed by atoms with van der Waals surface area (Å²) in [6.07, 6.45) is 0.619. The van der Waals surface area contributed by atoms with Gasteiger partial charge in [-0.2, -0.15) is 5.26 Å². The highest BCUT2D eigenvalue weighted by molar-refractivity contribution is 8.01. The van der Waals surface area contributed by atoms with Crippen LogP contribution in [0.2, 0.25) is 0 Å². The van der Waals surface area contributed by atoms with Gasteiger partial charge in [-0.3, -0.25) is 0 Å². The van der Waals surface area contributed by atoms with Crippen LogP contribution in [0.4, 0.5) is 0 Å². The van der Waals surface area contributed by atoms with E-state index < -0.39 is 0 Å². The van der Waals surface area contributed by atoms with Gasteiger partial charge < -0.3 is 0 Å². The lowest BCUT2D eigenvalue weighted by Gasteiger charge is -1.92. The van der Waals surface area contributed by atoms with E-state index in [-0.39, 0.29) is 0 Å². The molecule has 0 N–H and O–H groups in total. The lowest BCUT2D eigenvalue weighted by atomic mass is 10.4. The van der Waals surface area contributed by atoms with Crippen LogP contribution in [-0.2, 0) is 0 Å². The Kier molecular flexibility index (Phi) is 5.64. The summed E-state index contributed by atoms with van der Waals surface area (Å²) in [6.45, 7) is 2.18. The predicted molar refractivity (Wildman–Crippen MR) is 85.0 cm³/mol.